The zero-order chi connectivity index (χ0) is 17.9. The molecular weight excluding hydrogens is 316 g/mol. The second-order valence-corrected chi connectivity index (χ2v) is 7.06. The van der Waals surface area contributed by atoms with Gasteiger partial charge in [0.15, 0.2) is 0 Å². The molecule has 0 unspecified atom stereocenters. The highest BCUT2D eigenvalue weighted by Gasteiger charge is 2.39. The fourth-order valence-corrected chi connectivity index (χ4v) is 3.31. The lowest BCUT2D eigenvalue weighted by atomic mass is 9.96. The standard InChI is InChI=1S/C19H28N4O2/c1-15-11-25-14-19(13-24,23(15)3)12-20-8-16-4-6-17(7-5-16)18-9-21-22(2)10-18/h4-7,9-10,15,20,24H,8,11-14H2,1-3H3/t15-,19+/m1/s1. The Labute approximate surface area is 149 Å². The van der Waals surface area contributed by atoms with Crippen molar-refractivity contribution >= 4 is 0 Å². The van der Waals surface area contributed by atoms with E-state index in [-0.39, 0.29) is 12.1 Å². The number of aliphatic hydroxyl groups is 1. The lowest BCUT2D eigenvalue weighted by Gasteiger charge is -2.47. The van der Waals surface area contributed by atoms with Crippen LogP contribution in [0.15, 0.2) is 36.7 Å². The first-order valence-corrected chi connectivity index (χ1v) is 8.74. The molecule has 6 heteroatoms. The molecule has 2 heterocycles. The number of ether oxygens (including phenoxy) is 1. The molecule has 25 heavy (non-hydrogen) atoms. The number of nitrogens with one attached hydrogen (secondary N) is 1. The average Bonchev–Trinajstić information content (AvgIpc) is 3.06. The summed E-state index contributed by atoms with van der Waals surface area (Å²) in [6, 6.07) is 8.80. The van der Waals surface area contributed by atoms with E-state index in [4.69, 9.17) is 4.74 Å². The first kappa shape index (κ1) is 18.1. The van der Waals surface area contributed by atoms with Gasteiger partial charge in [-0.2, -0.15) is 5.10 Å². The quantitative estimate of drug-likeness (QED) is 0.826. The molecule has 1 aromatic carbocycles. The third kappa shape index (κ3) is 3.93. The number of aryl methyl sites for hydroxylation is 1. The van der Waals surface area contributed by atoms with E-state index in [2.05, 4.69) is 53.6 Å². The Hall–Kier alpha value is -1.73. The van der Waals surface area contributed by atoms with E-state index in [1.54, 1.807) is 0 Å². The third-order valence-electron chi connectivity index (χ3n) is 5.21. The Morgan fingerprint density at radius 3 is 2.68 bits per heavy atom. The molecule has 6 nitrogen and oxygen atoms in total. The Kier molecular flexibility index (Phi) is 5.54. The SMILES string of the molecule is C[C@@H]1COC[C@@](CO)(CNCc2ccc(-c3cnn(C)c3)cc2)N1C. The van der Waals surface area contributed by atoms with Crippen LogP contribution in [0.2, 0.25) is 0 Å². The summed E-state index contributed by atoms with van der Waals surface area (Å²) in [5.74, 6) is 0. The zero-order valence-corrected chi connectivity index (χ0v) is 15.3. The first-order chi connectivity index (χ1) is 12.0. The van der Waals surface area contributed by atoms with Crippen LogP contribution >= 0.6 is 0 Å². The highest BCUT2D eigenvalue weighted by Crippen LogP contribution is 2.22. The number of hydrogen-bond acceptors (Lipinski definition) is 5. The Morgan fingerprint density at radius 2 is 2.04 bits per heavy atom. The molecular formula is C19H28N4O2. The fraction of sp³-hybridized carbons (Fsp3) is 0.526. The number of nitrogens with zero attached hydrogens (tertiary/aromatic N) is 3. The van der Waals surface area contributed by atoms with Crippen molar-refractivity contribution in [2.75, 3.05) is 33.4 Å². The van der Waals surface area contributed by atoms with Gasteiger partial charge in [0.25, 0.3) is 0 Å². The predicted molar refractivity (Wildman–Crippen MR) is 98.2 cm³/mol. The smallest absolute Gasteiger partial charge is 0.0802 e. The maximum absolute atomic E-state index is 9.92. The van der Waals surface area contributed by atoms with Gasteiger partial charge in [-0.15, -0.1) is 0 Å². The highest BCUT2D eigenvalue weighted by atomic mass is 16.5. The molecule has 2 N–H and O–H groups in total. The van der Waals surface area contributed by atoms with Crippen molar-refractivity contribution in [3.8, 4) is 11.1 Å². The summed E-state index contributed by atoms with van der Waals surface area (Å²) in [6.07, 6.45) is 3.89. The van der Waals surface area contributed by atoms with Crippen LogP contribution in [0, 0.1) is 0 Å². The van der Waals surface area contributed by atoms with Gasteiger partial charge >= 0.3 is 0 Å². The minimum absolute atomic E-state index is 0.0841. The van der Waals surface area contributed by atoms with Crippen LogP contribution in [-0.2, 0) is 18.3 Å². The second-order valence-electron chi connectivity index (χ2n) is 7.06. The molecule has 0 spiro atoms. The maximum Gasteiger partial charge on any atom is 0.0802 e. The lowest BCUT2D eigenvalue weighted by Crippen LogP contribution is -2.65. The van der Waals surface area contributed by atoms with Crippen molar-refractivity contribution < 1.29 is 9.84 Å². The first-order valence-electron chi connectivity index (χ1n) is 8.74. The summed E-state index contributed by atoms with van der Waals surface area (Å²) in [7, 11) is 3.99. The molecule has 3 rings (SSSR count). The second kappa shape index (κ2) is 7.66. The zero-order valence-electron chi connectivity index (χ0n) is 15.3. The monoisotopic (exact) mass is 344 g/mol. The molecule has 136 valence electrons. The van der Waals surface area contributed by atoms with Crippen LogP contribution < -0.4 is 5.32 Å². The van der Waals surface area contributed by atoms with Crippen molar-refractivity contribution in [1.82, 2.24) is 20.0 Å². The third-order valence-corrected chi connectivity index (χ3v) is 5.21. The van der Waals surface area contributed by atoms with Crippen LogP contribution in [0.3, 0.4) is 0 Å². The van der Waals surface area contributed by atoms with Crippen molar-refractivity contribution in [1.29, 1.82) is 0 Å². The normalized spacial score (nSPS) is 24.6. The van der Waals surface area contributed by atoms with Gasteiger partial charge in [-0.05, 0) is 25.1 Å². The topological polar surface area (TPSA) is 62.6 Å². The number of benzene rings is 1. The molecule has 0 saturated carbocycles. The van der Waals surface area contributed by atoms with E-state index >= 15 is 0 Å². The van der Waals surface area contributed by atoms with Crippen LogP contribution in [0.4, 0.5) is 0 Å². The van der Waals surface area contributed by atoms with Gasteiger partial charge < -0.3 is 15.2 Å². The summed E-state index contributed by atoms with van der Waals surface area (Å²) < 4.78 is 7.49. The van der Waals surface area contributed by atoms with Crippen LogP contribution in [-0.4, -0.2) is 64.8 Å². The number of rotatable bonds is 6. The summed E-state index contributed by atoms with van der Waals surface area (Å²) >= 11 is 0. The Bertz CT molecular complexity index is 685. The van der Waals surface area contributed by atoms with Gasteiger partial charge in [-0.25, -0.2) is 0 Å². The van der Waals surface area contributed by atoms with Gasteiger partial charge in [-0.1, -0.05) is 24.3 Å². The molecule has 0 amide bonds. The molecule has 0 aliphatic carbocycles. The van der Waals surface area contributed by atoms with E-state index in [0.29, 0.717) is 25.8 Å². The molecule has 0 bridgehead atoms. The number of hydrogen-bond donors (Lipinski definition) is 2. The van der Waals surface area contributed by atoms with Gasteiger partial charge in [0.2, 0.25) is 0 Å². The summed E-state index contributed by atoms with van der Waals surface area (Å²) in [5, 5.41) is 17.6. The van der Waals surface area contributed by atoms with Crippen molar-refractivity contribution in [2.24, 2.45) is 7.05 Å². The van der Waals surface area contributed by atoms with E-state index in [1.165, 1.54) is 5.56 Å². The van der Waals surface area contributed by atoms with Crippen LogP contribution in [0.25, 0.3) is 11.1 Å². The molecule has 1 saturated heterocycles. The Balaban J connectivity index is 1.58. The van der Waals surface area contributed by atoms with Crippen LogP contribution in [0.1, 0.15) is 12.5 Å². The van der Waals surface area contributed by atoms with Gasteiger partial charge in [0, 0.05) is 37.9 Å². The largest absolute Gasteiger partial charge is 0.394 e. The fourth-order valence-electron chi connectivity index (χ4n) is 3.31. The van der Waals surface area contributed by atoms with Crippen molar-refractivity contribution in [2.45, 2.75) is 25.0 Å². The molecule has 0 radical (unpaired) electrons. The summed E-state index contributed by atoms with van der Waals surface area (Å²) in [4.78, 5) is 2.23. The van der Waals surface area contributed by atoms with Crippen molar-refractivity contribution in [3.63, 3.8) is 0 Å². The lowest BCUT2D eigenvalue weighted by molar-refractivity contribution is -0.106. The van der Waals surface area contributed by atoms with Gasteiger partial charge in [0.05, 0.1) is 31.6 Å². The van der Waals surface area contributed by atoms with E-state index in [9.17, 15) is 5.11 Å². The molecule has 1 aliphatic heterocycles. The molecule has 2 atom stereocenters. The highest BCUT2D eigenvalue weighted by molar-refractivity contribution is 5.61. The molecule has 2 aromatic rings. The maximum atomic E-state index is 9.92. The number of aliphatic hydroxyl groups excluding tert-OH is 1. The van der Waals surface area contributed by atoms with Crippen LogP contribution in [0.5, 0.6) is 0 Å². The molecule has 1 aromatic heterocycles. The van der Waals surface area contributed by atoms with Crippen molar-refractivity contribution in [3.05, 3.63) is 42.2 Å². The van der Waals surface area contributed by atoms with E-state index in [0.717, 1.165) is 17.7 Å². The average molecular weight is 344 g/mol. The van der Waals surface area contributed by atoms with E-state index < -0.39 is 0 Å². The summed E-state index contributed by atoms with van der Waals surface area (Å²) in [5.41, 5.74) is 3.15. The van der Waals surface area contributed by atoms with E-state index in [1.807, 2.05) is 24.1 Å². The number of aromatic nitrogens is 2. The summed E-state index contributed by atoms with van der Waals surface area (Å²) in [6.45, 7) is 4.93. The Morgan fingerprint density at radius 1 is 1.28 bits per heavy atom. The minimum Gasteiger partial charge on any atom is -0.394 e. The predicted octanol–water partition coefficient (Wildman–Crippen LogP) is 1.26. The van der Waals surface area contributed by atoms with Gasteiger partial charge in [0.1, 0.15) is 0 Å². The minimum atomic E-state index is -0.354. The van der Waals surface area contributed by atoms with Gasteiger partial charge in [-0.3, -0.25) is 9.58 Å². The number of morpholine rings is 1. The molecule has 1 aliphatic rings. The number of likely N-dealkylation sites (N-methyl/N-ethyl adjacent to an activating group) is 1. The molecule has 1 fully saturated rings.